The average Bonchev–Trinajstić information content (AvgIpc) is 2.33. The van der Waals surface area contributed by atoms with Gasteiger partial charge >= 0.3 is 0 Å². The Morgan fingerprint density at radius 2 is 1.94 bits per heavy atom. The maximum absolute atomic E-state index is 11.5. The van der Waals surface area contributed by atoms with Crippen molar-refractivity contribution in [3.63, 3.8) is 0 Å². The van der Waals surface area contributed by atoms with E-state index in [0.29, 0.717) is 6.42 Å². The van der Waals surface area contributed by atoms with E-state index in [1.807, 2.05) is 0 Å². The molecule has 0 spiro atoms. The lowest BCUT2D eigenvalue weighted by atomic mass is 9.86. The molecule has 16 heavy (non-hydrogen) atoms. The van der Waals surface area contributed by atoms with Gasteiger partial charge in [0.05, 0.1) is 0 Å². The molecule has 1 rings (SSSR count). The third kappa shape index (κ3) is 6.14. The predicted octanol–water partition coefficient (Wildman–Crippen LogP) is 3.67. The molecule has 2 nitrogen and oxygen atoms in total. The standard InChI is InChI=1S/C14H26NO/c1-2-3-7-12-15-14(16)11-10-13-8-5-4-6-9-13/h13H,2-12H2,1H3. The van der Waals surface area contributed by atoms with Crippen LogP contribution in [-0.2, 0) is 4.79 Å². The molecule has 1 fully saturated rings. The van der Waals surface area contributed by atoms with Crippen molar-refractivity contribution in [3.8, 4) is 0 Å². The fourth-order valence-electron chi connectivity index (χ4n) is 2.45. The van der Waals surface area contributed by atoms with Gasteiger partial charge in [-0.25, -0.2) is 0 Å². The van der Waals surface area contributed by atoms with Gasteiger partial charge in [-0.05, 0) is 18.8 Å². The van der Waals surface area contributed by atoms with Crippen LogP contribution in [0, 0.1) is 5.92 Å². The summed E-state index contributed by atoms with van der Waals surface area (Å²) < 4.78 is 0. The third-order valence-corrected chi connectivity index (χ3v) is 3.54. The summed E-state index contributed by atoms with van der Waals surface area (Å²) in [5.41, 5.74) is 0. The minimum Gasteiger partial charge on any atom is -0.273 e. The SMILES string of the molecule is CCCCC[N]C(=O)CCC1CCCCC1. The van der Waals surface area contributed by atoms with E-state index in [1.165, 1.54) is 44.9 Å². The van der Waals surface area contributed by atoms with Crippen LogP contribution < -0.4 is 5.32 Å². The third-order valence-electron chi connectivity index (χ3n) is 3.54. The lowest BCUT2D eigenvalue weighted by Gasteiger charge is -2.20. The van der Waals surface area contributed by atoms with Crippen molar-refractivity contribution >= 4 is 5.91 Å². The predicted molar refractivity (Wildman–Crippen MR) is 67.3 cm³/mol. The number of nitrogens with zero attached hydrogens (tertiary/aromatic N) is 1. The highest BCUT2D eigenvalue weighted by Gasteiger charge is 2.14. The molecule has 0 heterocycles. The van der Waals surface area contributed by atoms with Crippen LogP contribution in [-0.4, -0.2) is 12.5 Å². The normalized spacial score (nSPS) is 17.3. The van der Waals surface area contributed by atoms with Gasteiger partial charge in [-0.1, -0.05) is 51.9 Å². The van der Waals surface area contributed by atoms with E-state index in [0.717, 1.165) is 25.3 Å². The first-order chi connectivity index (χ1) is 7.83. The Balaban J connectivity index is 1.96. The quantitative estimate of drug-likeness (QED) is 0.607. The number of rotatable bonds is 7. The topological polar surface area (TPSA) is 31.2 Å². The van der Waals surface area contributed by atoms with Crippen LogP contribution in [0.1, 0.15) is 71.1 Å². The van der Waals surface area contributed by atoms with Crippen LogP contribution in [0.5, 0.6) is 0 Å². The molecule has 0 atom stereocenters. The van der Waals surface area contributed by atoms with E-state index in [9.17, 15) is 4.79 Å². The second-order valence-electron chi connectivity index (χ2n) is 5.03. The number of hydrogen-bond acceptors (Lipinski definition) is 1. The number of unbranched alkanes of at least 4 members (excludes halogenated alkanes) is 2. The van der Waals surface area contributed by atoms with Crippen molar-refractivity contribution in [1.82, 2.24) is 5.32 Å². The zero-order chi connectivity index (χ0) is 11.6. The van der Waals surface area contributed by atoms with Crippen molar-refractivity contribution < 1.29 is 4.79 Å². The number of carbonyl (C=O) groups is 1. The molecular formula is C14H26NO. The van der Waals surface area contributed by atoms with Crippen molar-refractivity contribution in [2.24, 2.45) is 5.92 Å². The van der Waals surface area contributed by atoms with Gasteiger partial charge in [0.15, 0.2) is 0 Å². The molecule has 1 radical (unpaired) electrons. The molecular weight excluding hydrogens is 198 g/mol. The molecule has 0 aromatic heterocycles. The van der Waals surface area contributed by atoms with Crippen molar-refractivity contribution in [2.75, 3.05) is 6.54 Å². The van der Waals surface area contributed by atoms with Crippen LogP contribution in [0.15, 0.2) is 0 Å². The van der Waals surface area contributed by atoms with Crippen molar-refractivity contribution in [3.05, 3.63) is 0 Å². The molecule has 93 valence electrons. The Morgan fingerprint density at radius 1 is 1.19 bits per heavy atom. The van der Waals surface area contributed by atoms with Gasteiger partial charge in [-0.2, -0.15) is 0 Å². The van der Waals surface area contributed by atoms with Crippen LogP contribution in [0.2, 0.25) is 0 Å². The highest BCUT2D eigenvalue weighted by Crippen LogP contribution is 2.27. The van der Waals surface area contributed by atoms with E-state index >= 15 is 0 Å². The van der Waals surface area contributed by atoms with E-state index < -0.39 is 0 Å². The Labute approximate surface area is 100 Å². The summed E-state index contributed by atoms with van der Waals surface area (Å²) >= 11 is 0. The summed E-state index contributed by atoms with van der Waals surface area (Å²) in [6.07, 6.45) is 12.0. The van der Waals surface area contributed by atoms with Crippen LogP contribution in [0.3, 0.4) is 0 Å². The first-order valence-corrected chi connectivity index (χ1v) is 7.03. The maximum atomic E-state index is 11.5. The Hall–Kier alpha value is -0.530. The van der Waals surface area contributed by atoms with Crippen LogP contribution in [0.25, 0.3) is 0 Å². The summed E-state index contributed by atoms with van der Waals surface area (Å²) in [4.78, 5) is 11.5. The molecule has 1 aliphatic rings. The van der Waals surface area contributed by atoms with Gasteiger partial charge in [-0.3, -0.25) is 10.1 Å². The number of carbonyl (C=O) groups excluding carboxylic acids is 1. The lowest BCUT2D eigenvalue weighted by Crippen LogP contribution is -2.18. The summed E-state index contributed by atoms with van der Waals surface area (Å²) in [6, 6.07) is 0. The zero-order valence-electron chi connectivity index (χ0n) is 10.7. The molecule has 0 aromatic rings. The Morgan fingerprint density at radius 3 is 2.62 bits per heavy atom. The number of amides is 1. The summed E-state index contributed by atoms with van der Waals surface area (Å²) in [7, 11) is 0. The van der Waals surface area contributed by atoms with Crippen LogP contribution in [0.4, 0.5) is 0 Å². The molecule has 1 amide bonds. The molecule has 0 bridgehead atoms. The monoisotopic (exact) mass is 224 g/mol. The molecule has 0 aliphatic heterocycles. The first-order valence-electron chi connectivity index (χ1n) is 7.03. The van der Waals surface area contributed by atoms with E-state index in [1.54, 1.807) is 0 Å². The van der Waals surface area contributed by atoms with Gasteiger partial charge in [0.25, 0.3) is 0 Å². The van der Waals surface area contributed by atoms with Gasteiger partial charge in [0.1, 0.15) is 0 Å². The molecule has 2 heteroatoms. The zero-order valence-corrected chi connectivity index (χ0v) is 10.7. The van der Waals surface area contributed by atoms with Gasteiger partial charge in [-0.15, -0.1) is 0 Å². The Kier molecular flexibility index (Phi) is 7.28. The van der Waals surface area contributed by atoms with E-state index in [-0.39, 0.29) is 5.91 Å². The first kappa shape index (κ1) is 13.5. The lowest BCUT2D eigenvalue weighted by molar-refractivity contribution is -0.121. The van der Waals surface area contributed by atoms with Gasteiger partial charge < -0.3 is 0 Å². The molecule has 0 N–H and O–H groups in total. The maximum Gasteiger partial charge on any atom is 0.241 e. The molecule has 0 unspecified atom stereocenters. The van der Waals surface area contributed by atoms with Crippen molar-refractivity contribution in [2.45, 2.75) is 71.1 Å². The molecule has 1 aliphatic carbocycles. The molecule has 0 saturated heterocycles. The second-order valence-corrected chi connectivity index (χ2v) is 5.03. The average molecular weight is 224 g/mol. The minimum absolute atomic E-state index is 0.140. The van der Waals surface area contributed by atoms with Gasteiger partial charge in [0, 0.05) is 13.0 Å². The van der Waals surface area contributed by atoms with Crippen molar-refractivity contribution in [1.29, 1.82) is 0 Å². The molecule has 0 aromatic carbocycles. The number of hydrogen-bond donors (Lipinski definition) is 0. The second kappa shape index (κ2) is 8.60. The molecule has 1 saturated carbocycles. The van der Waals surface area contributed by atoms with E-state index in [2.05, 4.69) is 12.2 Å². The van der Waals surface area contributed by atoms with E-state index in [4.69, 9.17) is 0 Å². The summed E-state index contributed by atoms with van der Waals surface area (Å²) in [6.45, 7) is 2.92. The summed E-state index contributed by atoms with van der Waals surface area (Å²) in [5, 5.41) is 4.11. The van der Waals surface area contributed by atoms with Gasteiger partial charge in [0.2, 0.25) is 5.91 Å². The van der Waals surface area contributed by atoms with Crippen LogP contribution >= 0.6 is 0 Å². The highest BCUT2D eigenvalue weighted by molar-refractivity contribution is 5.75. The largest absolute Gasteiger partial charge is 0.273 e. The summed E-state index contributed by atoms with van der Waals surface area (Å²) in [5.74, 6) is 0.949. The smallest absolute Gasteiger partial charge is 0.241 e. The highest BCUT2D eigenvalue weighted by atomic mass is 16.1. The minimum atomic E-state index is 0.140. The fraction of sp³-hybridized carbons (Fsp3) is 0.929. The Bertz CT molecular complexity index is 185. The fourth-order valence-corrected chi connectivity index (χ4v) is 2.45.